The Hall–Kier alpha value is -3.07. The molecule has 1 saturated heterocycles. The summed E-state index contributed by atoms with van der Waals surface area (Å²) in [5.41, 5.74) is 4.12. The van der Waals surface area contributed by atoms with Crippen molar-refractivity contribution < 1.29 is 9.31 Å². The highest BCUT2D eigenvalue weighted by Gasteiger charge is 2.51. The van der Waals surface area contributed by atoms with Crippen molar-refractivity contribution >= 4 is 40.1 Å². The summed E-state index contributed by atoms with van der Waals surface area (Å²) >= 11 is 0. The summed E-state index contributed by atoms with van der Waals surface area (Å²) in [4.78, 5) is 3.61. The van der Waals surface area contributed by atoms with Crippen LogP contribution in [0.3, 0.4) is 0 Å². The first-order valence-corrected chi connectivity index (χ1v) is 10.2. The second-order valence-electron chi connectivity index (χ2n) is 8.85. The third-order valence-corrected chi connectivity index (χ3v) is 6.44. The Kier molecular flexibility index (Phi) is 4.08. The van der Waals surface area contributed by atoms with Crippen LogP contribution in [0.1, 0.15) is 27.7 Å². The van der Waals surface area contributed by atoms with Gasteiger partial charge >= 0.3 is 7.12 Å². The van der Waals surface area contributed by atoms with Crippen LogP contribution in [0.25, 0.3) is 32.3 Å². The van der Waals surface area contributed by atoms with Gasteiger partial charge in [0.2, 0.25) is 0 Å². The first-order valence-electron chi connectivity index (χ1n) is 10.2. The second-order valence-corrected chi connectivity index (χ2v) is 8.85. The van der Waals surface area contributed by atoms with Crippen molar-refractivity contribution in [3.8, 4) is 5.69 Å². The summed E-state index contributed by atoms with van der Waals surface area (Å²) in [6.45, 7) is 15.6. The second kappa shape index (κ2) is 6.47. The van der Waals surface area contributed by atoms with Crippen LogP contribution in [-0.4, -0.2) is 22.9 Å². The molecule has 148 valence electrons. The minimum absolute atomic E-state index is 0.378. The Labute approximate surface area is 177 Å². The molecule has 4 nitrogen and oxygen atoms in total. The van der Waals surface area contributed by atoms with E-state index in [1.54, 1.807) is 0 Å². The minimum atomic E-state index is -0.406. The molecule has 0 unspecified atom stereocenters. The average Bonchev–Trinajstić information content (AvgIpc) is 3.17. The zero-order valence-electron chi connectivity index (χ0n) is 17.6. The molecule has 0 N–H and O–H groups in total. The van der Waals surface area contributed by atoms with Gasteiger partial charge in [0.05, 0.1) is 28.8 Å². The van der Waals surface area contributed by atoms with E-state index in [4.69, 9.17) is 15.9 Å². The van der Waals surface area contributed by atoms with E-state index in [-0.39, 0.29) is 11.2 Å². The molecule has 0 bridgehead atoms. The molecule has 1 aliphatic rings. The quantitative estimate of drug-likeness (QED) is 0.325. The number of fused-ring (bicyclic) bond motifs is 3. The highest BCUT2D eigenvalue weighted by atomic mass is 16.7. The maximum absolute atomic E-state index is 7.38. The topological polar surface area (TPSA) is 27.8 Å². The smallest absolute Gasteiger partial charge is 0.399 e. The van der Waals surface area contributed by atoms with Gasteiger partial charge in [-0.25, -0.2) is 4.85 Å². The normalized spacial score (nSPS) is 17.5. The van der Waals surface area contributed by atoms with Gasteiger partial charge in [-0.05, 0) is 68.9 Å². The van der Waals surface area contributed by atoms with Crippen molar-refractivity contribution in [2.75, 3.05) is 0 Å². The van der Waals surface area contributed by atoms with Crippen LogP contribution in [0.2, 0.25) is 0 Å². The van der Waals surface area contributed by atoms with Gasteiger partial charge in [0, 0.05) is 11.1 Å². The summed E-state index contributed by atoms with van der Waals surface area (Å²) in [6, 6.07) is 22.5. The van der Waals surface area contributed by atoms with Crippen LogP contribution in [-0.2, 0) is 9.31 Å². The van der Waals surface area contributed by atoms with Gasteiger partial charge in [0.25, 0.3) is 0 Å². The third-order valence-electron chi connectivity index (χ3n) is 6.44. The monoisotopic (exact) mass is 394 g/mol. The molecular formula is C25H23BN2O2. The Morgan fingerprint density at radius 2 is 1.50 bits per heavy atom. The van der Waals surface area contributed by atoms with Crippen LogP contribution < -0.4 is 5.46 Å². The number of nitrogens with zero attached hydrogens (tertiary/aromatic N) is 2. The highest BCUT2D eigenvalue weighted by molar-refractivity contribution is 6.62. The third kappa shape index (κ3) is 2.76. The lowest BCUT2D eigenvalue weighted by Crippen LogP contribution is -2.41. The van der Waals surface area contributed by atoms with E-state index in [1.165, 1.54) is 0 Å². The van der Waals surface area contributed by atoms with Crippen molar-refractivity contribution in [2.45, 2.75) is 38.9 Å². The van der Waals surface area contributed by atoms with E-state index in [0.717, 1.165) is 33.0 Å². The molecule has 0 spiro atoms. The fourth-order valence-corrected chi connectivity index (χ4v) is 4.10. The lowest BCUT2D eigenvalue weighted by Gasteiger charge is -2.32. The van der Waals surface area contributed by atoms with E-state index < -0.39 is 7.12 Å². The maximum Gasteiger partial charge on any atom is 0.494 e. The van der Waals surface area contributed by atoms with Gasteiger partial charge in [-0.3, -0.25) is 0 Å². The van der Waals surface area contributed by atoms with Gasteiger partial charge in [0.1, 0.15) is 0 Å². The van der Waals surface area contributed by atoms with Crippen molar-refractivity contribution in [2.24, 2.45) is 0 Å². The zero-order chi connectivity index (χ0) is 21.1. The Bertz CT molecular complexity index is 1310. The molecule has 5 heteroatoms. The molecule has 0 radical (unpaired) electrons. The van der Waals surface area contributed by atoms with Crippen LogP contribution in [0.15, 0.2) is 66.7 Å². The fourth-order valence-electron chi connectivity index (χ4n) is 4.10. The van der Waals surface area contributed by atoms with E-state index in [9.17, 15) is 0 Å². The predicted molar refractivity (Wildman–Crippen MR) is 123 cm³/mol. The molecule has 1 aliphatic heterocycles. The Morgan fingerprint density at radius 3 is 2.23 bits per heavy atom. The van der Waals surface area contributed by atoms with E-state index in [2.05, 4.69) is 67.4 Å². The summed E-state index contributed by atoms with van der Waals surface area (Å²) in [6.07, 6.45) is 0. The highest BCUT2D eigenvalue weighted by Crippen LogP contribution is 2.37. The molecule has 4 aromatic rings. The van der Waals surface area contributed by atoms with Crippen LogP contribution in [0.4, 0.5) is 5.69 Å². The molecule has 1 aromatic heterocycles. The number of aromatic nitrogens is 1. The lowest BCUT2D eigenvalue weighted by molar-refractivity contribution is 0.00578. The van der Waals surface area contributed by atoms with E-state index >= 15 is 0 Å². The summed E-state index contributed by atoms with van der Waals surface area (Å²) in [5.74, 6) is 0. The lowest BCUT2D eigenvalue weighted by atomic mass is 9.79. The number of hydrogen-bond acceptors (Lipinski definition) is 2. The van der Waals surface area contributed by atoms with Gasteiger partial charge in [0.15, 0.2) is 5.69 Å². The molecule has 2 heterocycles. The maximum atomic E-state index is 7.38. The van der Waals surface area contributed by atoms with Crippen molar-refractivity contribution in [3.05, 3.63) is 78.1 Å². The Morgan fingerprint density at radius 1 is 0.800 bits per heavy atom. The molecule has 0 amide bonds. The van der Waals surface area contributed by atoms with Crippen molar-refractivity contribution in [1.29, 1.82) is 0 Å². The molecule has 5 rings (SSSR count). The Balaban J connectivity index is 1.69. The van der Waals surface area contributed by atoms with Gasteiger partial charge in [-0.1, -0.05) is 36.4 Å². The van der Waals surface area contributed by atoms with Crippen molar-refractivity contribution in [1.82, 2.24) is 4.57 Å². The summed E-state index contributed by atoms with van der Waals surface area (Å²) in [5, 5.41) is 2.22. The average molecular weight is 394 g/mol. The number of benzene rings is 3. The first kappa shape index (κ1) is 18.9. The molecule has 0 aliphatic carbocycles. The van der Waals surface area contributed by atoms with Crippen LogP contribution in [0, 0.1) is 6.57 Å². The molecule has 1 fully saturated rings. The van der Waals surface area contributed by atoms with Gasteiger partial charge in [-0.2, -0.15) is 0 Å². The molecule has 0 atom stereocenters. The minimum Gasteiger partial charge on any atom is -0.399 e. The zero-order valence-corrected chi connectivity index (χ0v) is 17.6. The van der Waals surface area contributed by atoms with Crippen molar-refractivity contribution in [3.63, 3.8) is 0 Å². The number of para-hydroxylation sites is 1. The summed E-state index contributed by atoms with van der Waals surface area (Å²) in [7, 11) is -0.406. The largest absolute Gasteiger partial charge is 0.494 e. The number of hydrogen-bond donors (Lipinski definition) is 0. The SMILES string of the molecule is [C-]#[N+]c1ccc2c(c1)c1ccccc1n2-c1cccc(B2OC(C)(C)C(C)(C)O2)c1. The number of rotatable bonds is 2. The van der Waals surface area contributed by atoms with Crippen LogP contribution in [0.5, 0.6) is 0 Å². The first-order chi connectivity index (χ1) is 14.3. The fraction of sp³-hybridized carbons (Fsp3) is 0.240. The van der Waals surface area contributed by atoms with Crippen LogP contribution >= 0.6 is 0 Å². The van der Waals surface area contributed by atoms with E-state index in [0.29, 0.717) is 5.69 Å². The molecular weight excluding hydrogens is 371 g/mol. The molecule has 3 aromatic carbocycles. The van der Waals surface area contributed by atoms with E-state index in [1.807, 2.05) is 36.4 Å². The van der Waals surface area contributed by atoms with Gasteiger partial charge < -0.3 is 13.9 Å². The molecule has 0 saturated carbocycles. The summed E-state index contributed by atoms with van der Waals surface area (Å²) < 4.78 is 14.8. The predicted octanol–water partition coefficient (Wildman–Crippen LogP) is 5.63. The van der Waals surface area contributed by atoms with Gasteiger partial charge in [-0.15, -0.1) is 0 Å². The molecule has 30 heavy (non-hydrogen) atoms. The standard InChI is InChI=1S/C25H23BN2O2/c1-24(2)25(3,4)30-26(29-24)17-9-8-10-19(15-17)28-22-12-7-6-11-20(22)21-16-18(27-5)13-14-23(21)28/h6-16H,1-4H3.